The highest BCUT2D eigenvalue weighted by Gasteiger charge is 2.27. The average molecular weight is 179 g/mol. The molecule has 5 nitrogen and oxygen atoms in total. The van der Waals surface area contributed by atoms with Crippen molar-refractivity contribution in [3.63, 3.8) is 0 Å². The lowest BCUT2D eigenvalue weighted by molar-refractivity contribution is 0.0340. The Kier molecular flexibility index (Phi) is 5.36. The maximum Gasteiger partial charge on any atom is 0.0882 e. The van der Waals surface area contributed by atoms with Crippen LogP contribution in [0.25, 0.3) is 0 Å². The Labute approximate surface area is 71.7 Å². The standard InChI is InChI=1S/C7H17NO4/c1-6(12)2-8-7(3-9,4-10)5-11/h6,8-12H,2-5H2,1H3/t6-/m1/s1. The van der Waals surface area contributed by atoms with Crippen molar-refractivity contribution in [3.8, 4) is 0 Å². The van der Waals surface area contributed by atoms with Gasteiger partial charge in [-0.3, -0.25) is 0 Å². The molecule has 0 spiro atoms. The van der Waals surface area contributed by atoms with Gasteiger partial charge in [0.15, 0.2) is 0 Å². The zero-order valence-electron chi connectivity index (χ0n) is 7.19. The predicted molar refractivity (Wildman–Crippen MR) is 43.7 cm³/mol. The van der Waals surface area contributed by atoms with Crippen LogP contribution in [0.4, 0.5) is 0 Å². The first kappa shape index (κ1) is 11.8. The highest BCUT2D eigenvalue weighted by Crippen LogP contribution is 2.00. The molecule has 5 heteroatoms. The molecule has 0 rings (SSSR count). The minimum atomic E-state index is -1.09. The second kappa shape index (κ2) is 5.45. The van der Waals surface area contributed by atoms with Crippen LogP contribution in [0.5, 0.6) is 0 Å². The minimum Gasteiger partial charge on any atom is -0.394 e. The molecular formula is C7H17NO4. The van der Waals surface area contributed by atoms with Crippen LogP contribution in [0, 0.1) is 0 Å². The summed E-state index contributed by atoms with van der Waals surface area (Å²) in [6.07, 6.45) is -0.575. The SMILES string of the molecule is C[C@@H](O)CNC(CO)(CO)CO. The molecule has 0 fully saturated rings. The van der Waals surface area contributed by atoms with Gasteiger partial charge in [0.1, 0.15) is 0 Å². The van der Waals surface area contributed by atoms with Gasteiger partial charge in [-0.15, -0.1) is 0 Å². The first-order valence-corrected chi connectivity index (χ1v) is 3.86. The summed E-state index contributed by atoms with van der Waals surface area (Å²) in [6, 6.07) is 0. The van der Waals surface area contributed by atoms with E-state index in [1.54, 1.807) is 6.92 Å². The first-order chi connectivity index (χ1) is 5.60. The third-order valence-electron chi connectivity index (χ3n) is 1.68. The van der Waals surface area contributed by atoms with Gasteiger partial charge in [0.2, 0.25) is 0 Å². The van der Waals surface area contributed by atoms with Crippen LogP contribution in [-0.2, 0) is 0 Å². The van der Waals surface area contributed by atoms with Crippen molar-refractivity contribution in [2.75, 3.05) is 26.4 Å². The number of aliphatic hydroxyl groups excluding tert-OH is 4. The summed E-state index contributed by atoms with van der Waals surface area (Å²) in [4.78, 5) is 0. The maximum atomic E-state index is 8.89. The summed E-state index contributed by atoms with van der Waals surface area (Å²) >= 11 is 0. The van der Waals surface area contributed by atoms with Gasteiger partial charge in [-0.1, -0.05) is 0 Å². The van der Waals surface area contributed by atoms with Gasteiger partial charge in [-0.2, -0.15) is 0 Å². The molecule has 0 aromatic rings. The smallest absolute Gasteiger partial charge is 0.0882 e. The lowest BCUT2D eigenvalue weighted by Gasteiger charge is -2.29. The second-order valence-corrected chi connectivity index (χ2v) is 2.98. The lowest BCUT2D eigenvalue weighted by atomic mass is 10.0. The van der Waals surface area contributed by atoms with E-state index in [9.17, 15) is 0 Å². The number of hydrogen-bond acceptors (Lipinski definition) is 5. The Morgan fingerprint density at radius 1 is 1.17 bits per heavy atom. The maximum absolute atomic E-state index is 8.89. The number of aliphatic hydroxyl groups is 4. The van der Waals surface area contributed by atoms with E-state index in [1.165, 1.54) is 0 Å². The summed E-state index contributed by atoms with van der Waals surface area (Å²) in [7, 11) is 0. The van der Waals surface area contributed by atoms with Crippen molar-refractivity contribution in [1.82, 2.24) is 5.32 Å². The van der Waals surface area contributed by atoms with Gasteiger partial charge in [-0.25, -0.2) is 0 Å². The average Bonchev–Trinajstić information content (AvgIpc) is 2.08. The molecule has 74 valence electrons. The highest BCUT2D eigenvalue weighted by atomic mass is 16.3. The van der Waals surface area contributed by atoms with Gasteiger partial charge in [0.05, 0.1) is 31.5 Å². The van der Waals surface area contributed by atoms with E-state index >= 15 is 0 Å². The van der Waals surface area contributed by atoms with E-state index in [-0.39, 0.29) is 26.4 Å². The zero-order valence-corrected chi connectivity index (χ0v) is 7.19. The van der Waals surface area contributed by atoms with E-state index in [0.29, 0.717) is 0 Å². The molecule has 0 saturated carbocycles. The largest absolute Gasteiger partial charge is 0.394 e. The summed E-state index contributed by atoms with van der Waals surface area (Å²) < 4.78 is 0. The molecule has 0 aliphatic heterocycles. The van der Waals surface area contributed by atoms with E-state index in [2.05, 4.69) is 5.32 Å². The van der Waals surface area contributed by atoms with E-state index < -0.39 is 11.6 Å². The number of rotatable bonds is 6. The quantitative estimate of drug-likeness (QED) is 0.315. The van der Waals surface area contributed by atoms with Crippen LogP contribution in [0.15, 0.2) is 0 Å². The minimum absolute atomic E-state index is 0.224. The highest BCUT2D eigenvalue weighted by molar-refractivity contribution is 4.86. The molecule has 0 aliphatic carbocycles. The zero-order chi connectivity index (χ0) is 9.61. The molecular weight excluding hydrogens is 162 g/mol. The lowest BCUT2D eigenvalue weighted by Crippen LogP contribution is -2.56. The normalized spacial score (nSPS) is 14.8. The van der Waals surface area contributed by atoms with Crippen molar-refractivity contribution in [1.29, 1.82) is 0 Å². The molecule has 0 unspecified atom stereocenters. The molecule has 0 radical (unpaired) electrons. The fourth-order valence-electron chi connectivity index (χ4n) is 0.682. The monoisotopic (exact) mass is 179 g/mol. The van der Waals surface area contributed by atoms with Crippen LogP contribution in [0.1, 0.15) is 6.92 Å². The van der Waals surface area contributed by atoms with Crippen LogP contribution < -0.4 is 5.32 Å². The topological polar surface area (TPSA) is 93.0 Å². The summed E-state index contributed by atoms with van der Waals surface area (Å²) in [6.45, 7) is 0.692. The summed E-state index contributed by atoms with van der Waals surface area (Å²) in [5, 5.41) is 38.1. The van der Waals surface area contributed by atoms with E-state index in [0.717, 1.165) is 0 Å². The number of β-amino-alcohol motifs (C(OH)–C–C–N with tert-alkyl or cyclic N) is 1. The molecule has 0 amide bonds. The van der Waals surface area contributed by atoms with E-state index in [4.69, 9.17) is 20.4 Å². The van der Waals surface area contributed by atoms with Gasteiger partial charge in [0, 0.05) is 6.54 Å². The first-order valence-electron chi connectivity index (χ1n) is 3.86. The third-order valence-corrected chi connectivity index (χ3v) is 1.68. The van der Waals surface area contributed by atoms with Crippen molar-refractivity contribution in [2.24, 2.45) is 0 Å². The Morgan fingerprint density at radius 2 is 1.58 bits per heavy atom. The van der Waals surface area contributed by atoms with Gasteiger partial charge >= 0.3 is 0 Å². The molecule has 0 heterocycles. The fraction of sp³-hybridized carbons (Fsp3) is 1.00. The van der Waals surface area contributed by atoms with Crippen molar-refractivity contribution < 1.29 is 20.4 Å². The van der Waals surface area contributed by atoms with Crippen molar-refractivity contribution in [2.45, 2.75) is 18.6 Å². The summed E-state index contributed by atoms with van der Waals surface area (Å²) in [5.74, 6) is 0. The Balaban J connectivity index is 3.93. The Bertz CT molecular complexity index is 106. The molecule has 0 aromatic carbocycles. The van der Waals surface area contributed by atoms with E-state index in [1.807, 2.05) is 0 Å². The molecule has 5 N–H and O–H groups in total. The third kappa shape index (κ3) is 3.46. The van der Waals surface area contributed by atoms with Crippen molar-refractivity contribution in [3.05, 3.63) is 0 Å². The molecule has 0 bridgehead atoms. The molecule has 0 aromatic heterocycles. The van der Waals surface area contributed by atoms with Crippen LogP contribution in [0.3, 0.4) is 0 Å². The Hall–Kier alpha value is -0.200. The van der Waals surface area contributed by atoms with Gasteiger partial charge in [-0.05, 0) is 6.92 Å². The van der Waals surface area contributed by atoms with Gasteiger partial charge < -0.3 is 25.7 Å². The molecule has 0 saturated heterocycles. The molecule has 0 aliphatic rings. The van der Waals surface area contributed by atoms with Crippen LogP contribution in [0.2, 0.25) is 0 Å². The van der Waals surface area contributed by atoms with Gasteiger partial charge in [0.25, 0.3) is 0 Å². The fourth-order valence-corrected chi connectivity index (χ4v) is 0.682. The number of nitrogens with one attached hydrogen (secondary N) is 1. The Morgan fingerprint density at radius 3 is 1.83 bits per heavy atom. The van der Waals surface area contributed by atoms with Crippen molar-refractivity contribution >= 4 is 0 Å². The second-order valence-electron chi connectivity index (χ2n) is 2.98. The molecule has 12 heavy (non-hydrogen) atoms. The predicted octanol–water partition coefficient (Wildman–Crippen LogP) is -2.33. The van der Waals surface area contributed by atoms with Crippen LogP contribution >= 0.6 is 0 Å². The number of hydrogen-bond donors (Lipinski definition) is 5. The molecule has 1 atom stereocenters. The summed E-state index contributed by atoms with van der Waals surface area (Å²) in [5.41, 5.74) is -1.09. The van der Waals surface area contributed by atoms with Crippen LogP contribution in [-0.4, -0.2) is 58.4 Å².